The lowest BCUT2D eigenvalue weighted by Gasteiger charge is -2.28. The standard InChI is InChI=1S/C13H22N6O/c1-2-5-19(10-3-4-10)13-16-11(14)15-12(17-13)18-6-8-20-9-7-18/h10H,2-9H2,1H3,(H2,14,15,16,17). The van der Waals surface area contributed by atoms with Gasteiger partial charge in [0.05, 0.1) is 13.2 Å². The first kappa shape index (κ1) is 13.4. The zero-order valence-electron chi connectivity index (χ0n) is 12.0. The number of morpholine rings is 1. The number of rotatable bonds is 5. The van der Waals surface area contributed by atoms with Crippen molar-refractivity contribution in [3.8, 4) is 0 Å². The van der Waals surface area contributed by atoms with Crippen LogP contribution in [-0.2, 0) is 4.74 Å². The Bertz CT molecular complexity index is 458. The summed E-state index contributed by atoms with van der Waals surface area (Å²) in [5.74, 6) is 1.71. The van der Waals surface area contributed by atoms with E-state index in [0.717, 1.165) is 32.0 Å². The van der Waals surface area contributed by atoms with E-state index in [4.69, 9.17) is 10.5 Å². The van der Waals surface area contributed by atoms with Gasteiger partial charge in [-0.25, -0.2) is 0 Å². The topological polar surface area (TPSA) is 80.4 Å². The van der Waals surface area contributed by atoms with E-state index in [9.17, 15) is 0 Å². The largest absolute Gasteiger partial charge is 0.378 e. The highest BCUT2D eigenvalue weighted by atomic mass is 16.5. The van der Waals surface area contributed by atoms with Gasteiger partial charge >= 0.3 is 0 Å². The predicted molar refractivity (Wildman–Crippen MR) is 77.9 cm³/mol. The molecule has 2 N–H and O–H groups in total. The molecule has 20 heavy (non-hydrogen) atoms. The summed E-state index contributed by atoms with van der Waals surface area (Å²) >= 11 is 0. The van der Waals surface area contributed by atoms with Crippen molar-refractivity contribution in [2.24, 2.45) is 0 Å². The number of nitrogen functional groups attached to an aromatic ring is 1. The minimum absolute atomic E-state index is 0.304. The molecule has 7 heteroatoms. The molecule has 0 bridgehead atoms. The normalized spacial score (nSPS) is 19.1. The fourth-order valence-electron chi connectivity index (χ4n) is 2.48. The Morgan fingerprint density at radius 3 is 2.65 bits per heavy atom. The second-order valence-electron chi connectivity index (χ2n) is 5.32. The van der Waals surface area contributed by atoms with Crippen molar-refractivity contribution in [2.45, 2.75) is 32.2 Å². The van der Waals surface area contributed by atoms with E-state index in [-0.39, 0.29) is 0 Å². The molecule has 1 aliphatic heterocycles. The van der Waals surface area contributed by atoms with Crippen LogP contribution in [0.25, 0.3) is 0 Å². The summed E-state index contributed by atoms with van der Waals surface area (Å²) in [7, 11) is 0. The minimum Gasteiger partial charge on any atom is -0.378 e. The van der Waals surface area contributed by atoms with Crippen molar-refractivity contribution in [3.63, 3.8) is 0 Å². The SMILES string of the molecule is CCCN(c1nc(N)nc(N2CCOCC2)n1)C1CC1. The van der Waals surface area contributed by atoms with Crippen molar-refractivity contribution in [1.29, 1.82) is 0 Å². The van der Waals surface area contributed by atoms with E-state index < -0.39 is 0 Å². The lowest BCUT2D eigenvalue weighted by atomic mass is 10.4. The molecule has 0 radical (unpaired) electrons. The fourth-order valence-corrected chi connectivity index (χ4v) is 2.48. The Morgan fingerprint density at radius 2 is 2.00 bits per heavy atom. The van der Waals surface area contributed by atoms with Crippen LogP contribution >= 0.6 is 0 Å². The smallest absolute Gasteiger partial charge is 0.232 e. The first-order valence-corrected chi connectivity index (χ1v) is 7.39. The van der Waals surface area contributed by atoms with Gasteiger partial charge in [-0.05, 0) is 19.3 Å². The van der Waals surface area contributed by atoms with Gasteiger partial charge in [0.1, 0.15) is 0 Å². The maximum Gasteiger partial charge on any atom is 0.232 e. The lowest BCUT2D eigenvalue weighted by Crippen LogP contribution is -2.38. The first-order valence-electron chi connectivity index (χ1n) is 7.39. The Balaban J connectivity index is 1.84. The number of aromatic nitrogens is 3. The Morgan fingerprint density at radius 1 is 1.25 bits per heavy atom. The fraction of sp³-hybridized carbons (Fsp3) is 0.769. The van der Waals surface area contributed by atoms with Crippen LogP contribution in [0.15, 0.2) is 0 Å². The highest BCUT2D eigenvalue weighted by Crippen LogP contribution is 2.30. The molecule has 3 rings (SSSR count). The molecule has 7 nitrogen and oxygen atoms in total. The second-order valence-corrected chi connectivity index (χ2v) is 5.32. The molecule has 110 valence electrons. The zero-order valence-corrected chi connectivity index (χ0v) is 12.0. The van der Waals surface area contributed by atoms with Crippen LogP contribution in [-0.4, -0.2) is 53.8 Å². The van der Waals surface area contributed by atoms with Gasteiger partial charge in [0, 0.05) is 25.7 Å². The highest BCUT2D eigenvalue weighted by Gasteiger charge is 2.31. The summed E-state index contributed by atoms with van der Waals surface area (Å²) < 4.78 is 5.36. The quantitative estimate of drug-likeness (QED) is 0.847. The lowest BCUT2D eigenvalue weighted by molar-refractivity contribution is 0.122. The summed E-state index contributed by atoms with van der Waals surface area (Å²) in [6.07, 6.45) is 3.52. The number of nitrogens with two attached hydrogens (primary N) is 1. The molecule has 1 aromatic rings. The number of anilines is 3. The molecule has 2 heterocycles. The van der Waals surface area contributed by atoms with Crippen molar-refractivity contribution in [2.75, 3.05) is 48.4 Å². The third-order valence-corrected chi connectivity index (χ3v) is 3.63. The minimum atomic E-state index is 0.304. The number of ether oxygens (including phenoxy) is 1. The summed E-state index contributed by atoms with van der Waals surface area (Å²) in [6, 6.07) is 0.578. The van der Waals surface area contributed by atoms with Gasteiger partial charge in [0.15, 0.2) is 0 Å². The van der Waals surface area contributed by atoms with Crippen molar-refractivity contribution in [1.82, 2.24) is 15.0 Å². The maximum atomic E-state index is 5.87. The van der Waals surface area contributed by atoms with Crippen LogP contribution < -0.4 is 15.5 Å². The van der Waals surface area contributed by atoms with Gasteiger partial charge < -0.3 is 20.3 Å². The van der Waals surface area contributed by atoms with Crippen molar-refractivity contribution in [3.05, 3.63) is 0 Å². The van der Waals surface area contributed by atoms with Crippen LogP contribution in [0.2, 0.25) is 0 Å². The first-order chi connectivity index (χ1) is 9.78. The summed E-state index contributed by atoms with van der Waals surface area (Å²) in [5.41, 5.74) is 5.87. The Kier molecular flexibility index (Phi) is 3.86. The van der Waals surface area contributed by atoms with Crippen LogP contribution in [0.5, 0.6) is 0 Å². The number of nitrogens with zero attached hydrogens (tertiary/aromatic N) is 5. The molecule has 0 unspecified atom stereocenters. The molecule has 1 aromatic heterocycles. The van der Waals surface area contributed by atoms with E-state index >= 15 is 0 Å². The molecule has 0 aromatic carbocycles. The molecule has 1 aliphatic carbocycles. The highest BCUT2D eigenvalue weighted by molar-refractivity contribution is 5.45. The van der Waals surface area contributed by atoms with Gasteiger partial charge in [-0.1, -0.05) is 6.92 Å². The van der Waals surface area contributed by atoms with Crippen LogP contribution in [0.1, 0.15) is 26.2 Å². The third kappa shape index (κ3) is 2.92. The Hall–Kier alpha value is -1.63. The van der Waals surface area contributed by atoms with Crippen LogP contribution in [0, 0.1) is 0 Å². The summed E-state index contributed by atoms with van der Waals surface area (Å²) in [6.45, 7) is 6.17. The zero-order chi connectivity index (χ0) is 13.9. The Labute approximate surface area is 119 Å². The third-order valence-electron chi connectivity index (χ3n) is 3.63. The molecular weight excluding hydrogens is 256 g/mol. The van der Waals surface area contributed by atoms with Gasteiger partial charge in [-0.15, -0.1) is 0 Å². The molecule has 0 atom stereocenters. The van der Waals surface area contributed by atoms with Crippen molar-refractivity contribution >= 4 is 17.8 Å². The molecule has 0 spiro atoms. The van der Waals surface area contributed by atoms with Crippen LogP contribution in [0.4, 0.5) is 17.8 Å². The van der Waals surface area contributed by atoms with E-state index in [1.165, 1.54) is 12.8 Å². The molecule has 1 saturated heterocycles. The molecule has 0 amide bonds. The van der Waals surface area contributed by atoms with Crippen molar-refractivity contribution < 1.29 is 4.74 Å². The average molecular weight is 278 g/mol. The average Bonchev–Trinajstić information content (AvgIpc) is 3.29. The number of hydrogen-bond donors (Lipinski definition) is 1. The van der Waals surface area contributed by atoms with E-state index in [1.807, 2.05) is 0 Å². The summed E-state index contributed by atoms with van der Waals surface area (Å²) in [4.78, 5) is 17.6. The monoisotopic (exact) mass is 278 g/mol. The van der Waals surface area contributed by atoms with E-state index in [0.29, 0.717) is 31.2 Å². The van der Waals surface area contributed by atoms with Gasteiger partial charge in [-0.2, -0.15) is 15.0 Å². The van der Waals surface area contributed by atoms with E-state index in [1.54, 1.807) is 0 Å². The van der Waals surface area contributed by atoms with Gasteiger partial charge in [-0.3, -0.25) is 0 Å². The van der Waals surface area contributed by atoms with Gasteiger partial charge in [0.25, 0.3) is 0 Å². The molecule has 2 fully saturated rings. The van der Waals surface area contributed by atoms with E-state index in [2.05, 4.69) is 31.7 Å². The molecule has 1 saturated carbocycles. The summed E-state index contributed by atoms with van der Waals surface area (Å²) in [5, 5.41) is 0. The molecular formula is C13H22N6O. The maximum absolute atomic E-state index is 5.87. The number of hydrogen-bond acceptors (Lipinski definition) is 7. The predicted octanol–water partition coefficient (Wildman–Crippen LogP) is 0.669. The van der Waals surface area contributed by atoms with Gasteiger partial charge in [0.2, 0.25) is 17.8 Å². The molecule has 2 aliphatic rings. The second kappa shape index (κ2) is 5.78. The van der Waals surface area contributed by atoms with Crippen LogP contribution in [0.3, 0.4) is 0 Å².